The number of nitrogens with one attached hydrogen (secondary N) is 1. The Balaban J connectivity index is 1.86. The number of benzene rings is 2. The van der Waals surface area contributed by atoms with Crippen molar-refractivity contribution in [3.63, 3.8) is 0 Å². The minimum absolute atomic E-state index is 0.0674. The molecule has 1 N–H and O–H groups in total. The molecule has 0 aliphatic carbocycles. The lowest BCUT2D eigenvalue weighted by Gasteiger charge is -2.20. The van der Waals surface area contributed by atoms with Crippen LogP contribution >= 0.6 is 11.6 Å². The summed E-state index contributed by atoms with van der Waals surface area (Å²) in [7, 11) is -3.68. The molecule has 10 heteroatoms. The van der Waals surface area contributed by atoms with Gasteiger partial charge in [-0.15, -0.1) is 0 Å². The molecule has 154 valence electrons. The number of nitro groups is 1. The number of anilines is 1. The van der Waals surface area contributed by atoms with Crippen LogP contribution in [0, 0.1) is 10.1 Å². The second kappa shape index (κ2) is 8.89. The van der Waals surface area contributed by atoms with Crippen LogP contribution in [-0.2, 0) is 10.0 Å². The van der Waals surface area contributed by atoms with Gasteiger partial charge in [-0.05, 0) is 43.2 Å². The standard InChI is InChI=1S/C19H20ClN3O5S/c20-14-8-9-18(23(25)26)17(12-14)19(24)21-15-6-5-7-16(13-15)29(27,28)22-10-3-1-2-4-11-22/h5-9,12-13H,1-4,10-11H2,(H,21,24). The number of carbonyl (C=O) groups is 1. The second-order valence-corrected chi connectivity index (χ2v) is 9.09. The van der Waals surface area contributed by atoms with E-state index in [9.17, 15) is 23.3 Å². The molecule has 1 fully saturated rings. The van der Waals surface area contributed by atoms with Crippen molar-refractivity contribution >= 4 is 38.9 Å². The van der Waals surface area contributed by atoms with Crippen molar-refractivity contribution in [2.24, 2.45) is 0 Å². The fourth-order valence-electron chi connectivity index (χ4n) is 3.21. The molecule has 1 amide bonds. The zero-order chi connectivity index (χ0) is 21.0. The molecule has 29 heavy (non-hydrogen) atoms. The molecule has 8 nitrogen and oxygen atoms in total. The zero-order valence-electron chi connectivity index (χ0n) is 15.5. The van der Waals surface area contributed by atoms with Crippen LogP contribution in [0.2, 0.25) is 5.02 Å². The Kier molecular flexibility index (Phi) is 6.51. The van der Waals surface area contributed by atoms with Crippen molar-refractivity contribution in [1.82, 2.24) is 4.31 Å². The number of nitro benzene ring substituents is 1. The van der Waals surface area contributed by atoms with Gasteiger partial charge in [0.15, 0.2) is 0 Å². The van der Waals surface area contributed by atoms with E-state index in [4.69, 9.17) is 11.6 Å². The Hall–Kier alpha value is -2.49. The number of sulfonamides is 1. The maximum absolute atomic E-state index is 12.9. The van der Waals surface area contributed by atoms with Crippen LogP contribution < -0.4 is 5.32 Å². The summed E-state index contributed by atoms with van der Waals surface area (Å²) < 4.78 is 27.3. The molecule has 1 aliphatic rings. The predicted octanol–water partition coefficient (Wildman–Crippen LogP) is 4.07. The lowest BCUT2D eigenvalue weighted by atomic mass is 10.1. The fourth-order valence-corrected chi connectivity index (χ4v) is 4.95. The molecule has 0 radical (unpaired) electrons. The summed E-state index contributed by atoms with van der Waals surface area (Å²) in [5.74, 6) is -0.747. The summed E-state index contributed by atoms with van der Waals surface area (Å²) in [5, 5.41) is 13.9. The third-order valence-electron chi connectivity index (χ3n) is 4.69. The topological polar surface area (TPSA) is 110 Å². The number of carbonyl (C=O) groups excluding carboxylic acids is 1. The Bertz CT molecular complexity index is 1030. The van der Waals surface area contributed by atoms with Crippen LogP contribution in [0.1, 0.15) is 36.0 Å². The van der Waals surface area contributed by atoms with Gasteiger partial charge in [0.2, 0.25) is 10.0 Å². The normalized spacial score (nSPS) is 15.5. The van der Waals surface area contributed by atoms with Gasteiger partial charge in [-0.3, -0.25) is 14.9 Å². The Morgan fingerprint density at radius 3 is 2.41 bits per heavy atom. The van der Waals surface area contributed by atoms with Gasteiger partial charge >= 0.3 is 0 Å². The SMILES string of the molecule is O=C(Nc1cccc(S(=O)(=O)N2CCCCCC2)c1)c1cc(Cl)ccc1[N+](=O)[O-]. The van der Waals surface area contributed by atoms with Crippen LogP contribution in [0.5, 0.6) is 0 Å². The maximum Gasteiger partial charge on any atom is 0.282 e. The summed E-state index contributed by atoms with van der Waals surface area (Å²) in [4.78, 5) is 23.1. The van der Waals surface area contributed by atoms with E-state index < -0.39 is 20.9 Å². The molecule has 2 aromatic carbocycles. The highest BCUT2D eigenvalue weighted by molar-refractivity contribution is 7.89. The first-order chi connectivity index (χ1) is 13.8. The average Bonchev–Trinajstić information content (AvgIpc) is 2.98. The first kappa shape index (κ1) is 21.2. The number of hydrogen-bond acceptors (Lipinski definition) is 5. The van der Waals surface area contributed by atoms with Crippen molar-refractivity contribution < 1.29 is 18.1 Å². The molecule has 2 aromatic rings. The van der Waals surface area contributed by atoms with Crippen molar-refractivity contribution in [3.8, 4) is 0 Å². The lowest BCUT2D eigenvalue weighted by molar-refractivity contribution is -0.385. The van der Waals surface area contributed by atoms with Crippen molar-refractivity contribution in [1.29, 1.82) is 0 Å². The third kappa shape index (κ3) is 4.92. The van der Waals surface area contributed by atoms with Gasteiger partial charge in [0.05, 0.1) is 9.82 Å². The maximum atomic E-state index is 12.9. The monoisotopic (exact) mass is 437 g/mol. The Morgan fingerprint density at radius 2 is 1.76 bits per heavy atom. The Morgan fingerprint density at radius 1 is 1.07 bits per heavy atom. The predicted molar refractivity (Wildman–Crippen MR) is 110 cm³/mol. The van der Waals surface area contributed by atoms with Crippen LogP contribution in [-0.4, -0.2) is 36.6 Å². The summed E-state index contributed by atoms with van der Waals surface area (Å²) in [6, 6.07) is 9.55. The molecule has 0 unspecified atom stereocenters. The number of nitrogens with zero attached hydrogens (tertiary/aromatic N) is 2. The van der Waals surface area contributed by atoms with Gasteiger partial charge in [0, 0.05) is 29.9 Å². The van der Waals surface area contributed by atoms with Crippen LogP contribution in [0.25, 0.3) is 0 Å². The van der Waals surface area contributed by atoms with Gasteiger partial charge < -0.3 is 5.32 Å². The van der Waals surface area contributed by atoms with E-state index in [1.807, 2.05) is 0 Å². The minimum Gasteiger partial charge on any atom is -0.322 e. The van der Waals surface area contributed by atoms with E-state index in [1.165, 1.54) is 40.7 Å². The van der Waals surface area contributed by atoms with E-state index in [0.717, 1.165) is 31.7 Å². The van der Waals surface area contributed by atoms with Crippen molar-refractivity contribution in [2.75, 3.05) is 18.4 Å². The van der Waals surface area contributed by atoms with E-state index >= 15 is 0 Å². The first-order valence-electron chi connectivity index (χ1n) is 9.14. The van der Waals surface area contributed by atoms with E-state index in [2.05, 4.69) is 5.32 Å². The molecule has 1 aliphatic heterocycles. The van der Waals surface area contributed by atoms with E-state index in [-0.39, 0.29) is 26.9 Å². The number of amides is 1. The molecule has 0 spiro atoms. The van der Waals surface area contributed by atoms with Crippen molar-refractivity contribution in [3.05, 3.63) is 63.2 Å². The van der Waals surface area contributed by atoms with Crippen LogP contribution in [0.15, 0.2) is 47.4 Å². The molecule has 0 bridgehead atoms. The van der Waals surface area contributed by atoms with Crippen molar-refractivity contribution in [2.45, 2.75) is 30.6 Å². The fraction of sp³-hybridized carbons (Fsp3) is 0.316. The molecular weight excluding hydrogens is 418 g/mol. The molecule has 0 saturated carbocycles. The lowest BCUT2D eigenvalue weighted by Crippen LogP contribution is -2.32. The Labute approximate surface area is 173 Å². The summed E-state index contributed by atoms with van der Waals surface area (Å²) in [6.07, 6.45) is 3.63. The summed E-state index contributed by atoms with van der Waals surface area (Å²) in [5.41, 5.74) is -0.372. The molecular formula is C19H20ClN3O5S. The van der Waals surface area contributed by atoms with Gasteiger partial charge in [0.1, 0.15) is 5.56 Å². The summed E-state index contributed by atoms with van der Waals surface area (Å²) in [6.45, 7) is 0.932. The molecule has 0 aromatic heterocycles. The van der Waals surface area contributed by atoms with E-state index in [1.54, 1.807) is 0 Å². The second-order valence-electron chi connectivity index (χ2n) is 6.72. The largest absolute Gasteiger partial charge is 0.322 e. The van der Waals surface area contributed by atoms with Gasteiger partial charge in [-0.2, -0.15) is 4.31 Å². The number of rotatable bonds is 5. The highest BCUT2D eigenvalue weighted by atomic mass is 35.5. The molecule has 0 atom stereocenters. The van der Waals surface area contributed by atoms with Gasteiger partial charge in [0.25, 0.3) is 11.6 Å². The summed E-state index contributed by atoms with van der Waals surface area (Å²) >= 11 is 5.87. The third-order valence-corrected chi connectivity index (χ3v) is 6.82. The van der Waals surface area contributed by atoms with Crippen LogP contribution in [0.4, 0.5) is 11.4 Å². The smallest absolute Gasteiger partial charge is 0.282 e. The molecule has 1 heterocycles. The number of halogens is 1. The average molecular weight is 438 g/mol. The number of hydrogen-bond donors (Lipinski definition) is 1. The first-order valence-corrected chi connectivity index (χ1v) is 11.0. The molecule has 1 saturated heterocycles. The quantitative estimate of drug-likeness (QED) is 0.560. The highest BCUT2D eigenvalue weighted by Crippen LogP contribution is 2.26. The van der Waals surface area contributed by atoms with Crippen LogP contribution in [0.3, 0.4) is 0 Å². The van der Waals surface area contributed by atoms with Gasteiger partial charge in [-0.25, -0.2) is 8.42 Å². The molecule has 3 rings (SSSR count). The highest BCUT2D eigenvalue weighted by Gasteiger charge is 2.26. The minimum atomic E-state index is -3.68. The zero-order valence-corrected chi connectivity index (χ0v) is 17.1. The van der Waals surface area contributed by atoms with Gasteiger partial charge in [-0.1, -0.05) is 30.5 Å². The van der Waals surface area contributed by atoms with E-state index in [0.29, 0.717) is 13.1 Å².